The van der Waals surface area contributed by atoms with Crippen LogP contribution in [0.25, 0.3) is 0 Å². The summed E-state index contributed by atoms with van der Waals surface area (Å²) in [7, 11) is 0. The number of likely N-dealkylation sites (tertiary alicyclic amines) is 1. The number of hydrogen-bond donors (Lipinski definition) is 2. The predicted octanol–water partition coefficient (Wildman–Crippen LogP) is 2.48. The van der Waals surface area contributed by atoms with Gasteiger partial charge in [-0.25, -0.2) is 4.79 Å². The van der Waals surface area contributed by atoms with Gasteiger partial charge in [0, 0.05) is 23.1 Å². The fourth-order valence-corrected chi connectivity index (χ4v) is 3.19. The number of piperidine rings is 1. The van der Waals surface area contributed by atoms with Gasteiger partial charge in [0.25, 0.3) is 0 Å². The number of carbonyl (C=O) groups excluding carboxylic acids is 1. The highest BCUT2D eigenvalue weighted by Crippen LogP contribution is 2.14. The number of carboxylic acid groups (broad SMARTS) is 1. The molecule has 2 N–H and O–H groups in total. The number of rotatable bonds is 4. The molecule has 21 heavy (non-hydrogen) atoms. The molecular weight excluding hydrogens is 383 g/mol. The summed E-state index contributed by atoms with van der Waals surface area (Å²) in [6.07, 6.45) is 2.36. The minimum absolute atomic E-state index is 0.115. The van der Waals surface area contributed by atoms with E-state index in [-0.39, 0.29) is 5.91 Å². The quantitative estimate of drug-likeness (QED) is 0.761. The van der Waals surface area contributed by atoms with Crippen LogP contribution in [0.2, 0.25) is 0 Å². The van der Waals surface area contributed by atoms with Crippen molar-refractivity contribution in [3.63, 3.8) is 0 Å². The minimum Gasteiger partial charge on any atom is -0.465 e. The van der Waals surface area contributed by atoms with Gasteiger partial charge in [-0.05, 0) is 59.5 Å². The molecule has 1 atom stereocenters. The van der Waals surface area contributed by atoms with Crippen molar-refractivity contribution >= 4 is 34.6 Å². The Morgan fingerprint density at radius 2 is 2.00 bits per heavy atom. The molecule has 2 rings (SSSR count). The van der Waals surface area contributed by atoms with Crippen molar-refractivity contribution in [2.24, 2.45) is 0 Å². The highest BCUT2D eigenvalue weighted by atomic mass is 127. The average molecular weight is 402 g/mol. The Morgan fingerprint density at radius 3 is 2.62 bits per heavy atom. The van der Waals surface area contributed by atoms with E-state index in [9.17, 15) is 9.59 Å². The lowest BCUT2D eigenvalue weighted by Gasteiger charge is -2.30. The van der Waals surface area contributed by atoms with Crippen LogP contribution in [-0.2, 0) is 11.2 Å². The maximum atomic E-state index is 12.5. The van der Waals surface area contributed by atoms with E-state index in [0.717, 1.165) is 41.5 Å². The smallest absolute Gasteiger partial charge is 0.405 e. The third-order valence-electron chi connectivity index (χ3n) is 3.59. The van der Waals surface area contributed by atoms with Crippen LogP contribution in [0.4, 0.5) is 4.79 Å². The molecule has 1 heterocycles. The van der Waals surface area contributed by atoms with Gasteiger partial charge in [0.1, 0.15) is 6.04 Å². The molecule has 1 aliphatic heterocycles. The first-order valence-corrected chi connectivity index (χ1v) is 8.17. The number of amides is 2. The monoisotopic (exact) mass is 402 g/mol. The van der Waals surface area contributed by atoms with Gasteiger partial charge in [0.2, 0.25) is 5.91 Å². The van der Waals surface area contributed by atoms with Gasteiger partial charge in [-0.1, -0.05) is 12.1 Å². The lowest BCUT2D eigenvalue weighted by Crippen LogP contribution is -2.50. The summed E-state index contributed by atoms with van der Waals surface area (Å²) in [5.74, 6) is -0.115. The van der Waals surface area contributed by atoms with Crippen molar-refractivity contribution in [2.45, 2.75) is 31.7 Å². The van der Waals surface area contributed by atoms with E-state index < -0.39 is 12.1 Å². The highest BCUT2D eigenvalue weighted by molar-refractivity contribution is 14.1. The molecule has 0 aromatic heterocycles. The molecular formula is C15H19IN2O3. The summed E-state index contributed by atoms with van der Waals surface area (Å²) in [6, 6.07) is 7.07. The summed E-state index contributed by atoms with van der Waals surface area (Å²) >= 11 is 2.21. The third kappa shape index (κ3) is 4.87. The molecule has 5 nitrogen and oxygen atoms in total. The summed E-state index contributed by atoms with van der Waals surface area (Å²) in [5, 5.41) is 11.3. The van der Waals surface area contributed by atoms with E-state index in [0.29, 0.717) is 6.42 Å². The van der Waals surface area contributed by atoms with Gasteiger partial charge in [0.15, 0.2) is 0 Å². The van der Waals surface area contributed by atoms with Gasteiger partial charge in [-0.3, -0.25) is 4.79 Å². The Hall–Kier alpha value is -1.31. The first-order valence-electron chi connectivity index (χ1n) is 7.09. The summed E-state index contributed by atoms with van der Waals surface area (Å²) in [5.41, 5.74) is 0.964. The first kappa shape index (κ1) is 16.1. The molecule has 2 amide bonds. The number of halogens is 1. The van der Waals surface area contributed by atoms with E-state index in [1.54, 1.807) is 4.90 Å². The summed E-state index contributed by atoms with van der Waals surface area (Å²) in [4.78, 5) is 25.3. The largest absolute Gasteiger partial charge is 0.465 e. The third-order valence-corrected chi connectivity index (χ3v) is 4.26. The molecule has 0 bridgehead atoms. The molecule has 114 valence electrons. The van der Waals surface area contributed by atoms with Gasteiger partial charge in [-0.15, -0.1) is 0 Å². The SMILES string of the molecule is O=C(O)NC(Cc1cccc(I)c1)C(=O)N1CCCCC1. The van der Waals surface area contributed by atoms with E-state index >= 15 is 0 Å². The van der Waals surface area contributed by atoms with E-state index in [2.05, 4.69) is 27.9 Å². The molecule has 1 aromatic carbocycles. The normalized spacial score (nSPS) is 16.3. The van der Waals surface area contributed by atoms with Gasteiger partial charge < -0.3 is 15.3 Å². The summed E-state index contributed by atoms with van der Waals surface area (Å²) < 4.78 is 1.07. The van der Waals surface area contributed by atoms with Crippen LogP contribution in [0.3, 0.4) is 0 Å². The van der Waals surface area contributed by atoms with Crippen LogP contribution < -0.4 is 5.32 Å². The van der Waals surface area contributed by atoms with Crippen molar-refractivity contribution in [3.8, 4) is 0 Å². The molecule has 1 saturated heterocycles. The van der Waals surface area contributed by atoms with Crippen LogP contribution in [0.5, 0.6) is 0 Å². The molecule has 6 heteroatoms. The fraction of sp³-hybridized carbons (Fsp3) is 0.467. The van der Waals surface area contributed by atoms with Gasteiger partial charge in [0.05, 0.1) is 0 Å². The first-order chi connectivity index (χ1) is 10.1. The molecule has 1 aliphatic rings. The zero-order chi connectivity index (χ0) is 15.2. The Bertz CT molecular complexity index is 515. The van der Waals surface area contributed by atoms with Crippen molar-refractivity contribution in [1.82, 2.24) is 10.2 Å². The van der Waals surface area contributed by atoms with Crippen LogP contribution in [0.15, 0.2) is 24.3 Å². The predicted molar refractivity (Wildman–Crippen MR) is 88.2 cm³/mol. The second-order valence-corrected chi connectivity index (χ2v) is 6.47. The molecule has 0 saturated carbocycles. The Morgan fingerprint density at radius 1 is 1.29 bits per heavy atom. The number of carbonyl (C=O) groups is 2. The van der Waals surface area contributed by atoms with Gasteiger partial charge in [-0.2, -0.15) is 0 Å². The topological polar surface area (TPSA) is 69.6 Å². The number of nitrogens with zero attached hydrogens (tertiary/aromatic N) is 1. The Labute approximate surface area is 137 Å². The van der Waals surface area contributed by atoms with Gasteiger partial charge >= 0.3 is 6.09 Å². The maximum Gasteiger partial charge on any atom is 0.405 e. The second-order valence-electron chi connectivity index (χ2n) is 5.22. The van der Waals surface area contributed by atoms with Crippen LogP contribution in [0, 0.1) is 3.57 Å². The minimum atomic E-state index is -1.16. The standard InChI is InChI=1S/C15H19IN2O3/c16-12-6-4-5-11(9-12)10-13(17-15(20)21)14(19)18-7-2-1-3-8-18/h4-6,9,13,17H,1-3,7-8,10H2,(H,20,21). The number of benzene rings is 1. The lowest BCUT2D eigenvalue weighted by atomic mass is 10.0. The van der Waals surface area contributed by atoms with E-state index in [4.69, 9.17) is 5.11 Å². The highest BCUT2D eigenvalue weighted by Gasteiger charge is 2.27. The van der Waals surface area contributed by atoms with Crippen LogP contribution in [-0.4, -0.2) is 41.1 Å². The van der Waals surface area contributed by atoms with Crippen LogP contribution in [0.1, 0.15) is 24.8 Å². The summed E-state index contributed by atoms with van der Waals surface area (Å²) in [6.45, 7) is 1.45. The average Bonchev–Trinajstić information content (AvgIpc) is 2.46. The number of hydrogen-bond acceptors (Lipinski definition) is 2. The number of nitrogens with one attached hydrogen (secondary N) is 1. The van der Waals surface area contributed by atoms with Crippen molar-refractivity contribution in [3.05, 3.63) is 33.4 Å². The van der Waals surface area contributed by atoms with Crippen molar-refractivity contribution in [1.29, 1.82) is 0 Å². The van der Waals surface area contributed by atoms with E-state index in [1.165, 1.54) is 0 Å². The molecule has 1 aromatic rings. The molecule has 0 spiro atoms. The zero-order valence-corrected chi connectivity index (χ0v) is 13.9. The fourth-order valence-electron chi connectivity index (χ4n) is 2.58. The molecule has 0 aliphatic carbocycles. The van der Waals surface area contributed by atoms with Crippen molar-refractivity contribution < 1.29 is 14.7 Å². The van der Waals surface area contributed by atoms with Crippen LogP contribution >= 0.6 is 22.6 Å². The van der Waals surface area contributed by atoms with Crippen molar-refractivity contribution in [2.75, 3.05) is 13.1 Å². The maximum absolute atomic E-state index is 12.5. The Kier molecular flexibility index (Phi) is 5.84. The molecule has 0 radical (unpaired) electrons. The van der Waals surface area contributed by atoms with E-state index in [1.807, 2.05) is 24.3 Å². The zero-order valence-electron chi connectivity index (χ0n) is 11.7. The lowest BCUT2D eigenvalue weighted by molar-refractivity contribution is -0.134. The molecule has 1 fully saturated rings. The molecule has 1 unspecified atom stereocenters. The second kappa shape index (κ2) is 7.63. The Balaban J connectivity index is 2.09.